The molecule has 0 heterocycles. The molecule has 1 fully saturated rings. The summed E-state index contributed by atoms with van der Waals surface area (Å²) in [5.74, 6) is 0.0516. The van der Waals surface area contributed by atoms with Gasteiger partial charge in [-0.25, -0.2) is 0 Å². The Morgan fingerprint density at radius 2 is 2.33 bits per heavy atom. The van der Waals surface area contributed by atoms with Crippen LogP contribution in [0, 0.1) is 0 Å². The summed E-state index contributed by atoms with van der Waals surface area (Å²) in [5, 5.41) is 0. The highest BCUT2D eigenvalue weighted by molar-refractivity contribution is 6.27. The van der Waals surface area contributed by atoms with E-state index in [2.05, 4.69) is 0 Å². The Bertz CT molecular complexity index is 110. The van der Waals surface area contributed by atoms with Crippen LogP contribution in [0.2, 0.25) is 0 Å². The maximum absolute atomic E-state index is 10.5. The van der Waals surface area contributed by atoms with Gasteiger partial charge in [-0.1, -0.05) is 0 Å². The molecule has 0 bridgehead atoms. The monoisotopic (exact) mass is 148 g/mol. The van der Waals surface area contributed by atoms with E-state index in [0.29, 0.717) is 6.10 Å². The fourth-order valence-electron chi connectivity index (χ4n) is 0.484. The number of Topliss-reactive ketones (excluding diaryl/α,β-unsaturated/α-hetero) is 1. The molecule has 0 aromatic carbocycles. The highest BCUT2D eigenvalue weighted by atomic mass is 35.5. The lowest BCUT2D eigenvalue weighted by atomic mass is 10.5. The molecule has 0 unspecified atom stereocenters. The van der Waals surface area contributed by atoms with Gasteiger partial charge in [0.15, 0.2) is 5.78 Å². The van der Waals surface area contributed by atoms with Crippen molar-refractivity contribution in [2.75, 3.05) is 12.5 Å². The van der Waals surface area contributed by atoms with Crippen molar-refractivity contribution in [1.82, 2.24) is 0 Å². The van der Waals surface area contributed by atoms with Gasteiger partial charge in [0, 0.05) is 0 Å². The molecule has 1 aliphatic rings. The van der Waals surface area contributed by atoms with Crippen LogP contribution >= 0.6 is 11.6 Å². The van der Waals surface area contributed by atoms with Crippen molar-refractivity contribution in [2.24, 2.45) is 0 Å². The van der Waals surface area contributed by atoms with Crippen molar-refractivity contribution >= 4 is 17.4 Å². The molecule has 0 saturated heterocycles. The lowest BCUT2D eigenvalue weighted by molar-refractivity contribution is -0.121. The summed E-state index contributed by atoms with van der Waals surface area (Å²) >= 11 is 5.23. The van der Waals surface area contributed by atoms with Gasteiger partial charge in [0.25, 0.3) is 0 Å². The van der Waals surface area contributed by atoms with Gasteiger partial charge < -0.3 is 4.74 Å². The van der Waals surface area contributed by atoms with Gasteiger partial charge in [-0.2, -0.15) is 0 Å². The van der Waals surface area contributed by atoms with Gasteiger partial charge in [-0.3, -0.25) is 4.79 Å². The number of rotatable bonds is 4. The quantitative estimate of drug-likeness (QED) is 0.556. The molecule has 0 aromatic heterocycles. The predicted molar refractivity (Wildman–Crippen MR) is 34.7 cm³/mol. The predicted octanol–water partition coefficient (Wildman–Crippen LogP) is 0.973. The van der Waals surface area contributed by atoms with E-state index in [1.165, 1.54) is 0 Å². The summed E-state index contributed by atoms with van der Waals surface area (Å²) in [5.41, 5.74) is 0. The Morgan fingerprint density at radius 3 is 2.78 bits per heavy atom. The summed E-state index contributed by atoms with van der Waals surface area (Å²) in [6, 6.07) is 0. The lowest BCUT2D eigenvalue weighted by Gasteiger charge is -1.95. The van der Waals surface area contributed by atoms with Crippen molar-refractivity contribution in [3.8, 4) is 0 Å². The smallest absolute Gasteiger partial charge is 0.173 e. The summed E-state index contributed by atoms with van der Waals surface area (Å²) < 4.78 is 5.07. The molecule has 0 atom stereocenters. The molecule has 9 heavy (non-hydrogen) atoms. The van der Waals surface area contributed by atoms with E-state index in [1.807, 2.05) is 0 Å². The average molecular weight is 149 g/mol. The molecule has 52 valence electrons. The number of ether oxygens (including phenoxy) is 1. The molecule has 0 radical (unpaired) electrons. The van der Waals surface area contributed by atoms with Crippen molar-refractivity contribution < 1.29 is 9.53 Å². The first kappa shape index (κ1) is 7.03. The van der Waals surface area contributed by atoms with Crippen LogP contribution in [0.4, 0.5) is 0 Å². The molecule has 0 aromatic rings. The van der Waals surface area contributed by atoms with E-state index < -0.39 is 0 Å². The summed E-state index contributed by atoms with van der Waals surface area (Å²) in [6.45, 7) is 0.203. The molecular weight excluding hydrogens is 140 g/mol. The minimum absolute atomic E-state index is 0.0245. The topological polar surface area (TPSA) is 26.3 Å². The molecule has 1 rings (SSSR count). The van der Waals surface area contributed by atoms with Gasteiger partial charge in [-0.05, 0) is 12.8 Å². The molecule has 0 amide bonds. The third kappa shape index (κ3) is 2.82. The Morgan fingerprint density at radius 1 is 1.67 bits per heavy atom. The van der Waals surface area contributed by atoms with E-state index in [-0.39, 0.29) is 18.3 Å². The van der Waals surface area contributed by atoms with E-state index in [0.717, 1.165) is 12.8 Å². The van der Waals surface area contributed by atoms with Crippen molar-refractivity contribution in [1.29, 1.82) is 0 Å². The summed E-state index contributed by atoms with van der Waals surface area (Å²) in [7, 11) is 0. The summed E-state index contributed by atoms with van der Waals surface area (Å²) in [6.07, 6.45) is 2.57. The Labute approximate surface area is 59.1 Å². The van der Waals surface area contributed by atoms with Gasteiger partial charge in [0.05, 0.1) is 12.0 Å². The van der Waals surface area contributed by atoms with Crippen LogP contribution in [0.25, 0.3) is 0 Å². The number of halogens is 1. The average Bonchev–Trinajstić information content (AvgIpc) is 2.65. The van der Waals surface area contributed by atoms with Crippen molar-refractivity contribution in [3.05, 3.63) is 0 Å². The number of carbonyl (C=O) groups excluding carboxylic acids is 1. The minimum Gasteiger partial charge on any atom is -0.370 e. The third-order valence-corrected chi connectivity index (χ3v) is 1.45. The van der Waals surface area contributed by atoms with Crippen LogP contribution in [-0.4, -0.2) is 24.4 Å². The molecular formula is C6H9ClO2. The normalized spacial score (nSPS) is 17.9. The van der Waals surface area contributed by atoms with Crippen LogP contribution < -0.4 is 0 Å². The Hall–Kier alpha value is -0.0800. The molecule has 1 aliphatic carbocycles. The second-order valence-corrected chi connectivity index (χ2v) is 2.45. The molecule has 1 saturated carbocycles. The zero-order valence-electron chi connectivity index (χ0n) is 5.10. The lowest BCUT2D eigenvalue weighted by Crippen LogP contribution is -2.10. The molecule has 2 nitrogen and oxygen atoms in total. The first-order valence-corrected chi connectivity index (χ1v) is 3.55. The standard InChI is InChI=1S/C6H9ClO2/c7-3-5(8)4-9-6-1-2-6/h6H,1-4H2. The summed E-state index contributed by atoms with van der Waals surface area (Å²) in [4.78, 5) is 10.5. The number of ketones is 1. The van der Waals surface area contributed by atoms with Gasteiger partial charge in [0.1, 0.15) is 6.61 Å². The Kier molecular flexibility index (Phi) is 2.49. The van der Waals surface area contributed by atoms with Gasteiger partial charge in [-0.15, -0.1) is 11.6 Å². The zero-order valence-corrected chi connectivity index (χ0v) is 5.86. The third-order valence-electron chi connectivity index (χ3n) is 1.15. The van der Waals surface area contributed by atoms with Gasteiger partial charge >= 0.3 is 0 Å². The highest BCUT2D eigenvalue weighted by Gasteiger charge is 2.22. The fraction of sp³-hybridized carbons (Fsp3) is 0.833. The fourth-order valence-corrected chi connectivity index (χ4v) is 0.561. The van der Waals surface area contributed by atoms with Crippen LogP contribution in [0.15, 0.2) is 0 Å². The van der Waals surface area contributed by atoms with Crippen LogP contribution in [0.3, 0.4) is 0 Å². The van der Waals surface area contributed by atoms with E-state index in [4.69, 9.17) is 16.3 Å². The molecule has 0 N–H and O–H groups in total. The van der Waals surface area contributed by atoms with Gasteiger partial charge in [0.2, 0.25) is 0 Å². The largest absolute Gasteiger partial charge is 0.370 e. The minimum atomic E-state index is -0.0245. The number of alkyl halides is 1. The molecule has 3 heteroatoms. The zero-order chi connectivity index (χ0) is 6.69. The maximum atomic E-state index is 10.5. The maximum Gasteiger partial charge on any atom is 0.173 e. The number of hydrogen-bond acceptors (Lipinski definition) is 2. The second kappa shape index (κ2) is 3.18. The number of hydrogen-bond donors (Lipinski definition) is 0. The Balaban J connectivity index is 1.96. The van der Waals surface area contributed by atoms with E-state index in [9.17, 15) is 4.79 Å². The first-order chi connectivity index (χ1) is 4.33. The molecule has 0 aliphatic heterocycles. The van der Waals surface area contributed by atoms with Crippen LogP contribution in [-0.2, 0) is 9.53 Å². The SMILES string of the molecule is O=C(CCl)COC1CC1. The van der Waals surface area contributed by atoms with E-state index >= 15 is 0 Å². The second-order valence-electron chi connectivity index (χ2n) is 2.18. The van der Waals surface area contributed by atoms with Crippen LogP contribution in [0.5, 0.6) is 0 Å². The molecule has 0 spiro atoms. The first-order valence-electron chi connectivity index (χ1n) is 3.02. The van der Waals surface area contributed by atoms with Crippen molar-refractivity contribution in [2.45, 2.75) is 18.9 Å². The van der Waals surface area contributed by atoms with E-state index in [1.54, 1.807) is 0 Å². The number of carbonyl (C=O) groups is 1. The van der Waals surface area contributed by atoms with Crippen LogP contribution in [0.1, 0.15) is 12.8 Å². The highest BCUT2D eigenvalue weighted by Crippen LogP contribution is 2.22. The van der Waals surface area contributed by atoms with Crippen molar-refractivity contribution in [3.63, 3.8) is 0 Å².